The fourth-order valence-corrected chi connectivity index (χ4v) is 1.32. The first-order valence-corrected chi connectivity index (χ1v) is 5.83. The Morgan fingerprint density at radius 1 is 1.31 bits per heavy atom. The van der Waals surface area contributed by atoms with Crippen LogP contribution >= 0.6 is 0 Å². The Morgan fingerprint density at radius 3 is 2.56 bits per heavy atom. The molecule has 0 spiro atoms. The van der Waals surface area contributed by atoms with Gasteiger partial charge in [0.2, 0.25) is 5.88 Å². The smallest absolute Gasteiger partial charge is 0.212 e. The molecule has 1 N–H and O–H groups in total. The highest BCUT2D eigenvalue weighted by molar-refractivity contribution is 5.17. The molecule has 0 radical (unpaired) electrons. The lowest BCUT2D eigenvalue weighted by Crippen LogP contribution is -2.23. The van der Waals surface area contributed by atoms with Crippen LogP contribution in [-0.4, -0.2) is 18.6 Å². The number of ether oxygens (including phenoxy) is 1. The molecule has 16 heavy (non-hydrogen) atoms. The molecule has 0 fully saturated rings. The predicted molar refractivity (Wildman–Crippen MR) is 66.5 cm³/mol. The zero-order valence-electron chi connectivity index (χ0n) is 10.7. The van der Waals surface area contributed by atoms with Gasteiger partial charge in [-0.3, -0.25) is 0 Å². The van der Waals surface area contributed by atoms with Gasteiger partial charge in [0.05, 0.1) is 7.11 Å². The van der Waals surface area contributed by atoms with Crippen LogP contribution in [0, 0.1) is 11.8 Å². The fourth-order valence-electron chi connectivity index (χ4n) is 1.32. The van der Waals surface area contributed by atoms with E-state index in [0.29, 0.717) is 11.8 Å². The van der Waals surface area contributed by atoms with E-state index >= 15 is 0 Å². The fraction of sp³-hybridized carbons (Fsp3) is 0.615. The van der Waals surface area contributed by atoms with Crippen molar-refractivity contribution in [2.24, 2.45) is 11.8 Å². The molecule has 1 atom stereocenters. The van der Waals surface area contributed by atoms with E-state index in [0.717, 1.165) is 19.0 Å². The molecule has 0 aromatic carbocycles. The Labute approximate surface area is 98.2 Å². The molecule has 0 aliphatic heterocycles. The predicted octanol–water partition coefficient (Wildman–Crippen LogP) is 2.47. The number of nitrogens with one attached hydrogen (secondary N) is 1. The number of hydrogen-bond donors (Lipinski definition) is 1. The molecule has 0 amide bonds. The maximum atomic E-state index is 5.01. The summed E-state index contributed by atoms with van der Waals surface area (Å²) in [7, 11) is 1.63. The summed E-state index contributed by atoms with van der Waals surface area (Å²) < 4.78 is 5.01. The highest BCUT2D eigenvalue weighted by Crippen LogP contribution is 2.09. The molecule has 1 aromatic heterocycles. The van der Waals surface area contributed by atoms with Crippen LogP contribution in [0.25, 0.3) is 0 Å². The summed E-state index contributed by atoms with van der Waals surface area (Å²) in [6, 6.07) is 3.93. The number of aromatic nitrogens is 1. The minimum absolute atomic E-state index is 0.666. The zero-order chi connectivity index (χ0) is 12.0. The molecule has 3 nitrogen and oxygen atoms in total. The van der Waals surface area contributed by atoms with Gasteiger partial charge in [-0.05, 0) is 23.9 Å². The third-order valence-corrected chi connectivity index (χ3v) is 2.94. The van der Waals surface area contributed by atoms with Crippen LogP contribution in [0.5, 0.6) is 5.88 Å². The van der Waals surface area contributed by atoms with Gasteiger partial charge in [0.1, 0.15) is 0 Å². The second-order valence-electron chi connectivity index (χ2n) is 4.56. The Bertz CT molecular complexity index is 295. The summed E-state index contributed by atoms with van der Waals surface area (Å²) in [5, 5.41) is 3.44. The molecule has 90 valence electrons. The summed E-state index contributed by atoms with van der Waals surface area (Å²) in [6.45, 7) is 8.68. The lowest BCUT2D eigenvalue weighted by atomic mass is 9.98. The second kappa shape index (κ2) is 6.48. The molecule has 3 heteroatoms. The Hall–Kier alpha value is -1.09. The van der Waals surface area contributed by atoms with Crippen molar-refractivity contribution in [3.8, 4) is 5.88 Å². The van der Waals surface area contributed by atoms with Crippen molar-refractivity contribution in [3.63, 3.8) is 0 Å². The first kappa shape index (κ1) is 13.0. The van der Waals surface area contributed by atoms with Gasteiger partial charge in [0.15, 0.2) is 0 Å². The minimum Gasteiger partial charge on any atom is -0.481 e. The van der Waals surface area contributed by atoms with E-state index in [9.17, 15) is 0 Å². The largest absolute Gasteiger partial charge is 0.481 e. The first-order valence-electron chi connectivity index (χ1n) is 5.83. The number of rotatable bonds is 6. The average Bonchev–Trinajstić information content (AvgIpc) is 2.29. The quantitative estimate of drug-likeness (QED) is 0.803. The Morgan fingerprint density at radius 2 is 2.06 bits per heavy atom. The van der Waals surface area contributed by atoms with Crippen LogP contribution in [-0.2, 0) is 6.54 Å². The standard InChI is InChI=1S/C13H22N2O/c1-10(2)11(3)7-14-8-12-5-6-13(16-4)15-9-12/h5-6,9-11,14H,7-8H2,1-4H3. The first-order chi connectivity index (χ1) is 7.63. The lowest BCUT2D eigenvalue weighted by molar-refractivity contribution is 0.390. The van der Waals surface area contributed by atoms with Crippen molar-refractivity contribution in [1.29, 1.82) is 0 Å². The molecule has 0 saturated heterocycles. The van der Waals surface area contributed by atoms with Crippen LogP contribution in [0.1, 0.15) is 26.3 Å². The van der Waals surface area contributed by atoms with E-state index in [-0.39, 0.29) is 0 Å². The van der Waals surface area contributed by atoms with Crippen molar-refractivity contribution in [3.05, 3.63) is 23.9 Å². The van der Waals surface area contributed by atoms with Crippen molar-refractivity contribution < 1.29 is 4.74 Å². The van der Waals surface area contributed by atoms with Gasteiger partial charge in [-0.15, -0.1) is 0 Å². The van der Waals surface area contributed by atoms with Crippen LogP contribution in [0.4, 0.5) is 0 Å². The molecule has 0 aliphatic rings. The highest BCUT2D eigenvalue weighted by Gasteiger charge is 2.05. The van der Waals surface area contributed by atoms with E-state index in [1.165, 1.54) is 5.56 Å². The SMILES string of the molecule is COc1ccc(CNCC(C)C(C)C)cn1. The number of methoxy groups -OCH3 is 1. The third-order valence-electron chi connectivity index (χ3n) is 2.94. The van der Waals surface area contributed by atoms with E-state index in [1.54, 1.807) is 7.11 Å². The van der Waals surface area contributed by atoms with Gasteiger partial charge in [-0.1, -0.05) is 26.8 Å². The van der Waals surface area contributed by atoms with Gasteiger partial charge in [-0.2, -0.15) is 0 Å². The number of hydrogen-bond acceptors (Lipinski definition) is 3. The van der Waals surface area contributed by atoms with Crippen LogP contribution in [0.15, 0.2) is 18.3 Å². The normalized spacial score (nSPS) is 12.8. The van der Waals surface area contributed by atoms with Crippen LogP contribution < -0.4 is 10.1 Å². The van der Waals surface area contributed by atoms with Crippen LogP contribution in [0.3, 0.4) is 0 Å². The van der Waals surface area contributed by atoms with Gasteiger partial charge in [0, 0.05) is 18.8 Å². The molecule has 1 aromatic rings. The van der Waals surface area contributed by atoms with Gasteiger partial charge in [-0.25, -0.2) is 4.98 Å². The summed E-state index contributed by atoms with van der Waals surface area (Å²) >= 11 is 0. The van der Waals surface area contributed by atoms with Crippen molar-refractivity contribution in [2.75, 3.05) is 13.7 Å². The van der Waals surface area contributed by atoms with Gasteiger partial charge < -0.3 is 10.1 Å². The van der Waals surface area contributed by atoms with Gasteiger partial charge in [0.25, 0.3) is 0 Å². The van der Waals surface area contributed by atoms with Crippen molar-refractivity contribution in [1.82, 2.24) is 10.3 Å². The maximum absolute atomic E-state index is 5.01. The van der Waals surface area contributed by atoms with Crippen molar-refractivity contribution in [2.45, 2.75) is 27.3 Å². The van der Waals surface area contributed by atoms with Gasteiger partial charge >= 0.3 is 0 Å². The molecule has 0 bridgehead atoms. The maximum Gasteiger partial charge on any atom is 0.212 e. The molecule has 0 saturated carbocycles. The Balaban J connectivity index is 2.31. The zero-order valence-corrected chi connectivity index (χ0v) is 10.7. The second-order valence-corrected chi connectivity index (χ2v) is 4.56. The van der Waals surface area contributed by atoms with E-state index in [2.05, 4.69) is 31.1 Å². The monoisotopic (exact) mass is 222 g/mol. The van der Waals surface area contributed by atoms with E-state index in [1.807, 2.05) is 18.3 Å². The molecule has 1 rings (SSSR count). The van der Waals surface area contributed by atoms with Crippen LogP contribution in [0.2, 0.25) is 0 Å². The molecule has 0 aliphatic carbocycles. The molecule has 1 heterocycles. The van der Waals surface area contributed by atoms with Crippen molar-refractivity contribution >= 4 is 0 Å². The summed E-state index contributed by atoms with van der Waals surface area (Å²) in [5.41, 5.74) is 1.19. The summed E-state index contributed by atoms with van der Waals surface area (Å²) in [5.74, 6) is 2.09. The molecule has 1 unspecified atom stereocenters. The Kier molecular flexibility index (Phi) is 5.26. The van der Waals surface area contributed by atoms with E-state index in [4.69, 9.17) is 4.74 Å². The molecular formula is C13H22N2O. The minimum atomic E-state index is 0.666. The summed E-state index contributed by atoms with van der Waals surface area (Å²) in [4.78, 5) is 4.17. The highest BCUT2D eigenvalue weighted by atomic mass is 16.5. The third kappa shape index (κ3) is 4.19. The van der Waals surface area contributed by atoms with E-state index < -0.39 is 0 Å². The number of nitrogens with zero attached hydrogens (tertiary/aromatic N) is 1. The number of pyridine rings is 1. The average molecular weight is 222 g/mol. The summed E-state index contributed by atoms with van der Waals surface area (Å²) in [6.07, 6.45) is 1.85. The topological polar surface area (TPSA) is 34.1 Å². The lowest BCUT2D eigenvalue weighted by Gasteiger charge is -2.16. The molecular weight excluding hydrogens is 200 g/mol.